The number of allylic oxidation sites excluding steroid dienone is 2. The lowest BCUT2D eigenvalue weighted by Gasteiger charge is -2.43. The molecule has 2 aromatic heterocycles. The summed E-state index contributed by atoms with van der Waals surface area (Å²) in [4.78, 5) is 4.71. The Morgan fingerprint density at radius 2 is 1.75 bits per heavy atom. The van der Waals surface area contributed by atoms with Crippen LogP contribution in [0, 0.1) is 5.41 Å². The molecule has 0 N–H and O–H groups in total. The van der Waals surface area contributed by atoms with Crippen molar-refractivity contribution in [2.24, 2.45) is 5.41 Å². The zero-order valence-corrected chi connectivity index (χ0v) is 18.1. The minimum Gasteiger partial charge on any atom is -0.255 e. The van der Waals surface area contributed by atoms with Gasteiger partial charge in [0.2, 0.25) is 0 Å². The van der Waals surface area contributed by atoms with Crippen LogP contribution in [0.25, 0.3) is 25.7 Å². The fourth-order valence-electron chi connectivity index (χ4n) is 5.83. The Kier molecular flexibility index (Phi) is 4.79. The molecule has 1 aromatic carbocycles. The highest BCUT2D eigenvalue weighted by Crippen LogP contribution is 2.52. The second-order valence-electron chi connectivity index (χ2n) is 9.17. The summed E-state index contributed by atoms with van der Waals surface area (Å²) in [6, 6.07) is 9.23. The van der Waals surface area contributed by atoms with E-state index in [1.807, 2.05) is 17.5 Å². The number of hydrogen-bond donors (Lipinski definition) is 0. The summed E-state index contributed by atoms with van der Waals surface area (Å²) >= 11 is 1.98. The van der Waals surface area contributed by atoms with Crippen LogP contribution in [0.3, 0.4) is 0 Å². The summed E-state index contributed by atoms with van der Waals surface area (Å²) in [6.07, 6.45) is 17.2. The van der Waals surface area contributed by atoms with Gasteiger partial charge in [-0.15, -0.1) is 11.3 Å². The van der Waals surface area contributed by atoms with Gasteiger partial charge in [0, 0.05) is 21.7 Å². The van der Waals surface area contributed by atoms with Crippen molar-refractivity contribution in [1.29, 1.82) is 0 Å². The molecule has 0 radical (unpaired) electrons. The van der Waals surface area contributed by atoms with E-state index in [1.54, 1.807) is 5.56 Å². The fraction of sp³-hybridized carbons (Fsp3) is 0.500. The van der Waals surface area contributed by atoms with Gasteiger partial charge in [-0.3, -0.25) is 4.98 Å². The monoisotopic (exact) mass is 389 g/mol. The van der Waals surface area contributed by atoms with Crippen molar-refractivity contribution in [3.05, 3.63) is 47.8 Å². The molecule has 2 fully saturated rings. The molecule has 0 saturated heterocycles. The highest BCUT2D eigenvalue weighted by Gasteiger charge is 2.36. The number of rotatable bonds is 2. The topological polar surface area (TPSA) is 12.9 Å². The molecule has 5 rings (SSSR count). The average Bonchev–Trinajstić information content (AvgIpc) is 3.13. The number of thiophene rings is 1. The van der Waals surface area contributed by atoms with E-state index in [2.05, 4.69) is 44.2 Å². The maximum atomic E-state index is 4.71. The third-order valence-electron chi connectivity index (χ3n) is 7.65. The number of fused-ring (bicyclic) bond motifs is 3. The van der Waals surface area contributed by atoms with Crippen LogP contribution in [0.4, 0.5) is 0 Å². The summed E-state index contributed by atoms with van der Waals surface area (Å²) in [5, 5.41) is 2.82. The summed E-state index contributed by atoms with van der Waals surface area (Å²) in [5.74, 6) is 0.739. The van der Waals surface area contributed by atoms with Gasteiger partial charge in [-0.1, -0.05) is 43.5 Å². The Bertz CT molecular complexity index is 1030. The van der Waals surface area contributed by atoms with Crippen LogP contribution in [0.1, 0.15) is 88.8 Å². The van der Waals surface area contributed by atoms with Crippen molar-refractivity contribution in [3.63, 3.8) is 0 Å². The van der Waals surface area contributed by atoms with E-state index in [0.717, 1.165) is 11.6 Å². The molecule has 0 aliphatic heterocycles. The Balaban J connectivity index is 1.54. The van der Waals surface area contributed by atoms with E-state index < -0.39 is 0 Å². The molecule has 3 aromatic rings. The predicted octanol–water partition coefficient (Wildman–Crippen LogP) is 8.48. The van der Waals surface area contributed by atoms with Crippen molar-refractivity contribution >= 4 is 37.1 Å². The van der Waals surface area contributed by atoms with Gasteiger partial charge in [0.05, 0.1) is 10.4 Å². The second-order valence-corrected chi connectivity index (χ2v) is 10.2. The van der Waals surface area contributed by atoms with Gasteiger partial charge in [-0.25, -0.2) is 0 Å². The van der Waals surface area contributed by atoms with Gasteiger partial charge < -0.3 is 0 Å². The van der Waals surface area contributed by atoms with Crippen LogP contribution in [0.5, 0.6) is 0 Å². The molecule has 0 amide bonds. The SMILES string of the molecule is C/C=C(\C)c1nccc2c1sc1c(C3CCC4(CCCCC4)CC3)cccc12. The minimum absolute atomic E-state index is 0.697. The Morgan fingerprint density at radius 3 is 2.50 bits per heavy atom. The quantitative estimate of drug-likeness (QED) is 0.428. The molecule has 2 heteroatoms. The van der Waals surface area contributed by atoms with E-state index in [0.29, 0.717) is 5.41 Å². The first kappa shape index (κ1) is 18.4. The van der Waals surface area contributed by atoms with Gasteiger partial charge in [-0.2, -0.15) is 0 Å². The lowest BCUT2D eigenvalue weighted by Crippen LogP contribution is -2.29. The summed E-state index contributed by atoms with van der Waals surface area (Å²) in [7, 11) is 0. The standard InChI is InChI=1S/C26H31NS/c1-3-18(2)23-25-22(12-17-27-23)21-9-7-8-20(24(21)28-25)19-10-15-26(16-11-19)13-5-4-6-14-26/h3,7-9,12,17,19H,4-6,10-11,13-16H2,1-2H3/b18-3+. The molecule has 0 bridgehead atoms. The van der Waals surface area contributed by atoms with E-state index in [1.165, 1.54) is 83.5 Å². The van der Waals surface area contributed by atoms with Crippen LogP contribution in [-0.4, -0.2) is 4.98 Å². The average molecular weight is 390 g/mol. The van der Waals surface area contributed by atoms with Gasteiger partial charge in [0.15, 0.2) is 0 Å². The number of hydrogen-bond acceptors (Lipinski definition) is 2. The zero-order valence-electron chi connectivity index (χ0n) is 17.3. The van der Waals surface area contributed by atoms with Crippen LogP contribution >= 0.6 is 11.3 Å². The zero-order chi connectivity index (χ0) is 19.1. The highest BCUT2D eigenvalue weighted by molar-refractivity contribution is 7.26. The largest absolute Gasteiger partial charge is 0.255 e. The molecule has 2 aliphatic rings. The normalized spacial score (nSPS) is 21.0. The molecule has 2 aliphatic carbocycles. The third kappa shape index (κ3) is 3.01. The highest BCUT2D eigenvalue weighted by atomic mass is 32.1. The molecule has 2 heterocycles. The van der Waals surface area contributed by atoms with E-state index in [4.69, 9.17) is 4.98 Å². The maximum Gasteiger partial charge on any atom is 0.0834 e. The second kappa shape index (κ2) is 7.30. The van der Waals surface area contributed by atoms with Crippen molar-refractivity contribution in [3.8, 4) is 0 Å². The van der Waals surface area contributed by atoms with Crippen molar-refractivity contribution in [1.82, 2.24) is 4.98 Å². The van der Waals surface area contributed by atoms with Gasteiger partial charge >= 0.3 is 0 Å². The Hall–Kier alpha value is -1.67. The molecule has 146 valence electrons. The molecule has 0 atom stereocenters. The summed E-state index contributed by atoms with van der Waals surface area (Å²) in [6.45, 7) is 4.29. The molecule has 28 heavy (non-hydrogen) atoms. The molecule has 2 saturated carbocycles. The molecular formula is C26H31NS. The third-order valence-corrected chi connectivity index (χ3v) is 8.93. The maximum absolute atomic E-state index is 4.71. The van der Waals surface area contributed by atoms with Crippen LogP contribution < -0.4 is 0 Å². The number of pyridine rings is 1. The summed E-state index contributed by atoms with van der Waals surface area (Å²) < 4.78 is 2.88. The number of benzene rings is 1. The predicted molar refractivity (Wildman–Crippen MR) is 123 cm³/mol. The molecular weight excluding hydrogens is 358 g/mol. The van der Waals surface area contributed by atoms with Gasteiger partial charge in [0.1, 0.15) is 0 Å². The molecule has 1 nitrogen and oxygen atoms in total. The van der Waals surface area contributed by atoms with E-state index in [-0.39, 0.29) is 0 Å². The lowest BCUT2D eigenvalue weighted by atomic mass is 9.62. The van der Waals surface area contributed by atoms with Crippen molar-refractivity contribution in [2.75, 3.05) is 0 Å². The van der Waals surface area contributed by atoms with Crippen molar-refractivity contribution in [2.45, 2.75) is 77.6 Å². The molecule has 0 unspecified atom stereocenters. The first-order valence-corrected chi connectivity index (χ1v) is 12.0. The van der Waals surface area contributed by atoms with Crippen molar-refractivity contribution < 1.29 is 0 Å². The van der Waals surface area contributed by atoms with Gasteiger partial charge in [-0.05, 0) is 80.9 Å². The van der Waals surface area contributed by atoms with E-state index >= 15 is 0 Å². The first-order valence-electron chi connectivity index (χ1n) is 11.1. The Labute approximate surface area is 172 Å². The van der Waals surface area contributed by atoms with Crippen LogP contribution in [-0.2, 0) is 0 Å². The first-order chi connectivity index (χ1) is 13.7. The van der Waals surface area contributed by atoms with Crippen LogP contribution in [0.2, 0.25) is 0 Å². The Morgan fingerprint density at radius 1 is 1.00 bits per heavy atom. The number of aromatic nitrogens is 1. The number of nitrogens with zero attached hydrogens (tertiary/aromatic N) is 1. The fourth-order valence-corrected chi connectivity index (χ4v) is 7.27. The van der Waals surface area contributed by atoms with Crippen LogP contribution in [0.15, 0.2) is 36.5 Å². The summed E-state index contributed by atoms with van der Waals surface area (Å²) in [5.41, 5.74) is 4.74. The molecule has 1 spiro atoms. The lowest BCUT2D eigenvalue weighted by molar-refractivity contribution is 0.114. The van der Waals surface area contributed by atoms with E-state index in [9.17, 15) is 0 Å². The van der Waals surface area contributed by atoms with Gasteiger partial charge in [0.25, 0.3) is 0 Å². The smallest absolute Gasteiger partial charge is 0.0834 e. The minimum atomic E-state index is 0.697.